The highest BCUT2D eigenvalue weighted by atomic mass is 35.5. The lowest BCUT2D eigenvalue weighted by Crippen LogP contribution is -1.96. The van der Waals surface area contributed by atoms with Gasteiger partial charge in [0.05, 0.1) is 4.92 Å². The molecule has 0 amide bonds. The zero-order valence-corrected chi connectivity index (χ0v) is 11.1. The second-order valence-corrected chi connectivity index (χ2v) is 4.43. The van der Waals surface area contributed by atoms with Crippen LogP contribution in [0.2, 0.25) is 5.02 Å². The number of rotatable bonds is 4. The molecule has 0 spiro atoms. The van der Waals surface area contributed by atoms with Crippen LogP contribution >= 0.6 is 11.6 Å². The van der Waals surface area contributed by atoms with Gasteiger partial charge >= 0.3 is 0 Å². The lowest BCUT2D eigenvalue weighted by molar-refractivity contribution is -0.384. The molecule has 0 saturated heterocycles. The minimum Gasteiger partial charge on any atom is -0.289 e. The Morgan fingerprint density at radius 3 is 2.60 bits per heavy atom. The Balaban J connectivity index is 2.22. The zero-order chi connectivity index (χ0) is 14.5. The van der Waals surface area contributed by atoms with E-state index in [0.29, 0.717) is 10.6 Å². The first-order valence-electron chi connectivity index (χ1n) is 5.79. The number of nitro groups is 1. The molecule has 5 heteroatoms. The van der Waals surface area contributed by atoms with Gasteiger partial charge in [-0.25, -0.2) is 0 Å². The number of hydrogen-bond acceptors (Lipinski definition) is 3. The van der Waals surface area contributed by atoms with Gasteiger partial charge in [0.2, 0.25) is 0 Å². The van der Waals surface area contributed by atoms with E-state index in [1.807, 2.05) is 6.07 Å². The lowest BCUT2D eigenvalue weighted by atomic mass is 10.1. The Labute approximate surface area is 120 Å². The summed E-state index contributed by atoms with van der Waals surface area (Å²) in [4.78, 5) is 22.1. The van der Waals surface area contributed by atoms with E-state index in [0.717, 1.165) is 0 Å². The normalized spacial score (nSPS) is 10.7. The van der Waals surface area contributed by atoms with Crippen LogP contribution in [0, 0.1) is 10.1 Å². The highest BCUT2D eigenvalue weighted by Crippen LogP contribution is 2.18. The van der Waals surface area contributed by atoms with Crippen LogP contribution in [0.3, 0.4) is 0 Å². The van der Waals surface area contributed by atoms with Crippen molar-refractivity contribution in [3.63, 3.8) is 0 Å². The van der Waals surface area contributed by atoms with E-state index in [1.54, 1.807) is 24.3 Å². The Morgan fingerprint density at radius 2 is 1.90 bits per heavy atom. The summed E-state index contributed by atoms with van der Waals surface area (Å²) in [6.07, 6.45) is 2.93. The van der Waals surface area contributed by atoms with E-state index in [1.165, 1.54) is 30.3 Å². The molecule has 0 unspecified atom stereocenters. The molecule has 0 radical (unpaired) electrons. The van der Waals surface area contributed by atoms with Gasteiger partial charge in [-0.05, 0) is 23.8 Å². The van der Waals surface area contributed by atoms with Crippen LogP contribution < -0.4 is 0 Å². The number of carbonyl (C=O) groups is 1. The molecule has 0 aliphatic heterocycles. The predicted octanol–water partition coefficient (Wildman–Crippen LogP) is 4.14. The number of ketones is 1. The third-order valence-electron chi connectivity index (χ3n) is 2.66. The summed E-state index contributed by atoms with van der Waals surface area (Å²) >= 11 is 5.97. The van der Waals surface area contributed by atoms with Crippen LogP contribution in [0.4, 0.5) is 5.69 Å². The van der Waals surface area contributed by atoms with Gasteiger partial charge in [-0.15, -0.1) is 0 Å². The average Bonchev–Trinajstić information content (AvgIpc) is 2.46. The molecule has 0 heterocycles. The molecule has 0 fully saturated rings. The summed E-state index contributed by atoms with van der Waals surface area (Å²) in [5, 5.41) is 11.2. The van der Waals surface area contributed by atoms with Crippen molar-refractivity contribution in [1.82, 2.24) is 0 Å². The van der Waals surface area contributed by atoms with E-state index in [-0.39, 0.29) is 17.0 Å². The second kappa shape index (κ2) is 6.12. The van der Waals surface area contributed by atoms with Crippen LogP contribution in [0.25, 0.3) is 6.08 Å². The number of benzene rings is 2. The monoisotopic (exact) mass is 287 g/mol. The molecule has 0 bridgehead atoms. The molecular weight excluding hydrogens is 278 g/mol. The first-order valence-corrected chi connectivity index (χ1v) is 6.17. The molecule has 0 aliphatic rings. The third-order valence-corrected chi connectivity index (χ3v) is 3.01. The fourth-order valence-electron chi connectivity index (χ4n) is 1.64. The quantitative estimate of drug-likeness (QED) is 0.367. The zero-order valence-electron chi connectivity index (χ0n) is 10.3. The molecule has 0 saturated carbocycles. The maximum atomic E-state index is 12.0. The Morgan fingerprint density at radius 1 is 1.15 bits per heavy atom. The summed E-state index contributed by atoms with van der Waals surface area (Å²) in [5.74, 6) is -0.311. The molecular formula is C15H10ClNO3. The number of nitrogens with zero attached hydrogens (tertiary/aromatic N) is 1. The van der Waals surface area contributed by atoms with Crippen molar-refractivity contribution in [2.24, 2.45) is 0 Å². The number of non-ortho nitro benzene ring substituents is 1. The topological polar surface area (TPSA) is 60.2 Å². The number of carbonyl (C=O) groups excluding carboxylic acids is 1. The van der Waals surface area contributed by atoms with E-state index >= 15 is 0 Å². The number of allylic oxidation sites excluding steroid dienone is 1. The molecule has 0 atom stereocenters. The number of halogens is 1. The van der Waals surface area contributed by atoms with Gasteiger partial charge in [-0.1, -0.05) is 41.9 Å². The van der Waals surface area contributed by atoms with Crippen LogP contribution in [-0.2, 0) is 0 Å². The van der Waals surface area contributed by atoms with Crippen LogP contribution in [0.1, 0.15) is 15.9 Å². The maximum Gasteiger partial charge on any atom is 0.270 e. The van der Waals surface area contributed by atoms with Crippen LogP contribution in [0.5, 0.6) is 0 Å². The largest absolute Gasteiger partial charge is 0.289 e. The first-order chi connectivity index (χ1) is 9.58. The van der Waals surface area contributed by atoms with E-state index in [2.05, 4.69) is 0 Å². The number of hydrogen-bond donors (Lipinski definition) is 0. The van der Waals surface area contributed by atoms with Crippen LogP contribution in [-0.4, -0.2) is 10.7 Å². The Hall–Kier alpha value is -2.46. The fraction of sp³-hybridized carbons (Fsp3) is 0. The standard InChI is InChI=1S/C15H10ClNO3/c16-14-7-2-1-4-11(14)8-9-15(18)12-5-3-6-13(10-12)17(19)20/h1-10H. The Bertz CT molecular complexity index is 695. The lowest BCUT2D eigenvalue weighted by Gasteiger charge is -1.98. The van der Waals surface area contributed by atoms with Crippen molar-refractivity contribution in [1.29, 1.82) is 0 Å². The molecule has 0 aliphatic carbocycles. The highest BCUT2D eigenvalue weighted by Gasteiger charge is 2.09. The van der Waals surface area contributed by atoms with Gasteiger partial charge < -0.3 is 0 Å². The van der Waals surface area contributed by atoms with Crippen molar-refractivity contribution in [2.75, 3.05) is 0 Å². The van der Waals surface area contributed by atoms with Crippen molar-refractivity contribution < 1.29 is 9.72 Å². The maximum absolute atomic E-state index is 12.0. The molecule has 4 nitrogen and oxygen atoms in total. The van der Waals surface area contributed by atoms with Gasteiger partial charge in [-0.2, -0.15) is 0 Å². The molecule has 2 aromatic carbocycles. The first kappa shape index (κ1) is 14.0. The van der Waals surface area contributed by atoms with Gasteiger partial charge in [0, 0.05) is 22.7 Å². The molecule has 100 valence electrons. The summed E-state index contributed by atoms with van der Waals surface area (Å²) in [6.45, 7) is 0. The summed E-state index contributed by atoms with van der Waals surface area (Å²) in [6, 6.07) is 12.7. The fourth-order valence-corrected chi connectivity index (χ4v) is 1.84. The van der Waals surface area contributed by atoms with Crippen molar-refractivity contribution in [2.45, 2.75) is 0 Å². The van der Waals surface area contributed by atoms with Gasteiger partial charge in [0.15, 0.2) is 5.78 Å². The number of nitro benzene ring substituents is 1. The SMILES string of the molecule is O=C(C=Cc1ccccc1Cl)c1cccc([N+](=O)[O-])c1. The van der Waals surface area contributed by atoms with E-state index in [9.17, 15) is 14.9 Å². The van der Waals surface area contributed by atoms with Crippen molar-refractivity contribution >= 4 is 29.1 Å². The van der Waals surface area contributed by atoms with Crippen molar-refractivity contribution in [3.8, 4) is 0 Å². The minimum absolute atomic E-state index is 0.109. The van der Waals surface area contributed by atoms with Gasteiger partial charge in [0.25, 0.3) is 5.69 Å². The van der Waals surface area contributed by atoms with Gasteiger partial charge in [-0.3, -0.25) is 14.9 Å². The smallest absolute Gasteiger partial charge is 0.270 e. The van der Waals surface area contributed by atoms with Gasteiger partial charge in [0.1, 0.15) is 0 Å². The molecule has 20 heavy (non-hydrogen) atoms. The van der Waals surface area contributed by atoms with E-state index in [4.69, 9.17) is 11.6 Å². The molecule has 2 aromatic rings. The predicted molar refractivity (Wildman–Crippen MR) is 77.9 cm³/mol. The summed E-state index contributed by atoms with van der Waals surface area (Å²) in [7, 11) is 0. The summed E-state index contributed by atoms with van der Waals surface area (Å²) in [5.41, 5.74) is 0.873. The van der Waals surface area contributed by atoms with Crippen molar-refractivity contribution in [3.05, 3.63) is 80.9 Å². The second-order valence-electron chi connectivity index (χ2n) is 4.03. The van der Waals surface area contributed by atoms with E-state index < -0.39 is 4.92 Å². The van der Waals surface area contributed by atoms with Crippen LogP contribution in [0.15, 0.2) is 54.6 Å². The highest BCUT2D eigenvalue weighted by molar-refractivity contribution is 6.32. The molecule has 2 rings (SSSR count). The average molecular weight is 288 g/mol. The Kier molecular flexibility index (Phi) is 4.27. The summed E-state index contributed by atoms with van der Waals surface area (Å²) < 4.78 is 0. The minimum atomic E-state index is -0.533. The third kappa shape index (κ3) is 3.30. The molecule has 0 aromatic heterocycles. The molecule has 0 N–H and O–H groups in total.